The highest BCUT2D eigenvalue weighted by Gasteiger charge is 1.99. The van der Waals surface area contributed by atoms with E-state index in [-0.39, 0.29) is 6.10 Å². The van der Waals surface area contributed by atoms with E-state index in [0.717, 1.165) is 25.0 Å². The van der Waals surface area contributed by atoms with Crippen LogP contribution in [0.5, 0.6) is 0 Å². The third-order valence-corrected chi connectivity index (χ3v) is 2.28. The van der Waals surface area contributed by atoms with Gasteiger partial charge in [-0.2, -0.15) is 0 Å². The molecule has 2 nitrogen and oxygen atoms in total. The van der Waals surface area contributed by atoms with Gasteiger partial charge in [0, 0.05) is 13.7 Å². The van der Waals surface area contributed by atoms with Crippen molar-refractivity contribution < 1.29 is 9.84 Å². The van der Waals surface area contributed by atoms with E-state index < -0.39 is 0 Å². The van der Waals surface area contributed by atoms with Crippen LogP contribution in [-0.4, -0.2) is 18.8 Å². The quantitative estimate of drug-likeness (QED) is 0.729. The highest BCUT2D eigenvalue weighted by Crippen LogP contribution is 2.13. The minimum atomic E-state index is -0.372. The van der Waals surface area contributed by atoms with Crippen molar-refractivity contribution in [2.24, 2.45) is 0 Å². The number of hydrogen-bond donors (Lipinski definition) is 1. The SMILES string of the molecule is COCCCc1ccc(C(C)O)cc1. The first-order chi connectivity index (χ1) is 6.74. The lowest BCUT2D eigenvalue weighted by atomic mass is 10.1. The lowest BCUT2D eigenvalue weighted by molar-refractivity contribution is 0.195. The Balaban J connectivity index is 2.47. The van der Waals surface area contributed by atoms with Crippen LogP contribution >= 0.6 is 0 Å². The van der Waals surface area contributed by atoms with E-state index in [4.69, 9.17) is 4.74 Å². The average Bonchev–Trinajstić information content (AvgIpc) is 2.19. The van der Waals surface area contributed by atoms with Crippen molar-refractivity contribution >= 4 is 0 Å². The Labute approximate surface area is 85.5 Å². The van der Waals surface area contributed by atoms with Gasteiger partial charge in [0.25, 0.3) is 0 Å². The maximum atomic E-state index is 9.31. The van der Waals surface area contributed by atoms with Gasteiger partial charge in [0.15, 0.2) is 0 Å². The fourth-order valence-corrected chi connectivity index (χ4v) is 1.38. The van der Waals surface area contributed by atoms with Crippen LogP contribution in [0.2, 0.25) is 0 Å². The smallest absolute Gasteiger partial charge is 0.0761 e. The normalized spacial score (nSPS) is 12.8. The third-order valence-electron chi connectivity index (χ3n) is 2.28. The van der Waals surface area contributed by atoms with Gasteiger partial charge in [-0.25, -0.2) is 0 Å². The molecule has 1 atom stereocenters. The lowest BCUT2D eigenvalue weighted by Gasteiger charge is -2.06. The van der Waals surface area contributed by atoms with Crippen molar-refractivity contribution in [1.29, 1.82) is 0 Å². The predicted octanol–water partition coefficient (Wildman–Crippen LogP) is 2.32. The molecule has 0 heterocycles. The fraction of sp³-hybridized carbons (Fsp3) is 0.500. The minimum absolute atomic E-state index is 0.372. The molecule has 0 aliphatic carbocycles. The molecule has 1 aromatic rings. The molecule has 0 radical (unpaired) electrons. The molecule has 0 amide bonds. The summed E-state index contributed by atoms with van der Waals surface area (Å²) in [5.74, 6) is 0. The van der Waals surface area contributed by atoms with Crippen molar-refractivity contribution in [3.8, 4) is 0 Å². The summed E-state index contributed by atoms with van der Waals surface area (Å²) in [6.07, 6.45) is 1.71. The van der Waals surface area contributed by atoms with E-state index in [1.54, 1.807) is 14.0 Å². The number of ether oxygens (including phenoxy) is 1. The fourth-order valence-electron chi connectivity index (χ4n) is 1.38. The molecule has 1 aromatic carbocycles. The standard InChI is InChI=1S/C12H18O2/c1-10(13)12-7-5-11(6-8-12)4-3-9-14-2/h5-8,10,13H,3-4,9H2,1-2H3. The molecule has 1 unspecified atom stereocenters. The number of methoxy groups -OCH3 is 1. The predicted molar refractivity (Wildman–Crippen MR) is 57.3 cm³/mol. The number of hydrogen-bond acceptors (Lipinski definition) is 2. The summed E-state index contributed by atoms with van der Waals surface area (Å²) in [6, 6.07) is 8.09. The van der Waals surface area contributed by atoms with Crippen molar-refractivity contribution in [1.82, 2.24) is 0 Å². The number of aryl methyl sites for hydroxylation is 1. The molecule has 0 aromatic heterocycles. The van der Waals surface area contributed by atoms with Gasteiger partial charge >= 0.3 is 0 Å². The molecule has 0 aliphatic rings. The van der Waals surface area contributed by atoms with Gasteiger partial charge < -0.3 is 9.84 Å². The Kier molecular flexibility index (Phi) is 4.63. The summed E-state index contributed by atoms with van der Waals surface area (Å²) < 4.78 is 4.99. The Morgan fingerprint density at radius 1 is 1.29 bits per heavy atom. The van der Waals surface area contributed by atoms with E-state index in [9.17, 15) is 5.11 Å². The zero-order valence-electron chi connectivity index (χ0n) is 8.86. The van der Waals surface area contributed by atoms with Crippen molar-refractivity contribution in [3.63, 3.8) is 0 Å². The van der Waals surface area contributed by atoms with Crippen molar-refractivity contribution in [2.45, 2.75) is 25.9 Å². The second-order valence-corrected chi connectivity index (χ2v) is 3.51. The van der Waals surface area contributed by atoms with Crippen LogP contribution in [0.15, 0.2) is 24.3 Å². The zero-order valence-corrected chi connectivity index (χ0v) is 8.86. The first-order valence-electron chi connectivity index (χ1n) is 5.00. The molecular weight excluding hydrogens is 176 g/mol. The summed E-state index contributed by atoms with van der Waals surface area (Å²) in [5, 5.41) is 9.31. The maximum absolute atomic E-state index is 9.31. The van der Waals surface area contributed by atoms with Crippen LogP contribution in [0.4, 0.5) is 0 Å². The summed E-state index contributed by atoms with van der Waals surface area (Å²) >= 11 is 0. The van der Waals surface area contributed by atoms with Gasteiger partial charge in [-0.1, -0.05) is 24.3 Å². The zero-order chi connectivity index (χ0) is 10.4. The number of aliphatic hydroxyl groups is 1. The second-order valence-electron chi connectivity index (χ2n) is 3.51. The number of benzene rings is 1. The Bertz CT molecular complexity index is 252. The molecule has 14 heavy (non-hydrogen) atoms. The molecule has 2 heteroatoms. The molecule has 0 bridgehead atoms. The average molecular weight is 194 g/mol. The molecule has 0 aliphatic heterocycles. The summed E-state index contributed by atoms with van der Waals surface area (Å²) in [7, 11) is 1.72. The van der Waals surface area contributed by atoms with Crippen molar-refractivity contribution in [3.05, 3.63) is 35.4 Å². The molecule has 0 fully saturated rings. The van der Waals surface area contributed by atoms with E-state index in [1.807, 2.05) is 12.1 Å². The minimum Gasteiger partial charge on any atom is -0.389 e. The summed E-state index contributed by atoms with van der Waals surface area (Å²) in [4.78, 5) is 0. The van der Waals surface area contributed by atoms with Crippen LogP contribution in [-0.2, 0) is 11.2 Å². The molecule has 0 spiro atoms. The Hall–Kier alpha value is -0.860. The first-order valence-corrected chi connectivity index (χ1v) is 5.00. The van der Waals surface area contributed by atoms with Gasteiger partial charge in [0.2, 0.25) is 0 Å². The van der Waals surface area contributed by atoms with E-state index in [1.165, 1.54) is 5.56 Å². The molecule has 0 saturated heterocycles. The van der Waals surface area contributed by atoms with Crippen LogP contribution in [0.25, 0.3) is 0 Å². The molecule has 0 saturated carbocycles. The highest BCUT2D eigenvalue weighted by atomic mass is 16.5. The monoisotopic (exact) mass is 194 g/mol. The largest absolute Gasteiger partial charge is 0.389 e. The van der Waals surface area contributed by atoms with Gasteiger partial charge in [-0.15, -0.1) is 0 Å². The highest BCUT2D eigenvalue weighted by molar-refractivity contribution is 5.23. The van der Waals surface area contributed by atoms with E-state index in [2.05, 4.69) is 12.1 Å². The van der Waals surface area contributed by atoms with Gasteiger partial charge in [0.1, 0.15) is 0 Å². The molecule has 1 rings (SSSR count). The second kappa shape index (κ2) is 5.78. The topological polar surface area (TPSA) is 29.5 Å². The third kappa shape index (κ3) is 3.48. The van der Waals surface area contributed by atoms with Crippen LogP contribution in [0.3, 0.4) is 0 Å². The van der Waals surface area contributed by atoms with Crippen molar-refractivity contribution in [2.75, 3.05) is 13.7 Å². The number of rotatable bonds is 5. The molecule has 78 valence electrons. The van der Waals surface area contributed by atoms with Crippen LogP contribution in [0, 0.1) is 0 Å². The van der Waals surface area contributed by atoms with Gasteiger partial charge in [-0.05, 0) is 30.9 Å². The summed E-state index contributed by atoms with van der Waals surface area (Å²) in [6.45, 7) is 2.58. The van der Waals surface area contributed by atoms with E-state index in [0.29, 0.717) is 0 Å². The lowest BCUT2D eigenvalue weighted by Crippen LogP contribution is -1.94. The Morgan fingerprint density at radius 2 is 1.93 bits per heavy atom. The summed E-state index contributed by atoms with van der Waals surface area (Å²) in [5.41, 5.74) is 2.27. The number of aliphatic hydroxyl groups excluding tert-OH is 1. The molecular formula is C12H18O2. The maximum Gasteiger partial charge on any atom is 0.0761 e. The van der Waals surface area contributed by atoms with Crippen LogP contribution < -0.4 is 0 Å². The van der Waals surface area contributed by atoms with Crippen LogP contribution in [0.1, 0.15) is 30.6 Å². The van der Waals surface area contributed by atoms with Gasteiger partial charge in [-0.3, -0.25) is 0 Å². The molecule has 1 N–H and O–H groups in total. The Morgan fingerprint density at radius 3 is 2.43 bits per heavy atom. The van der Waals surface area contributed by atoms with Gasteiger partial charge in [0.05, 0.1) is 6.10 Å². The van der Waals surface area contributed by atoms with E-state index >= 15 is 0 Å². The first kappa shape index (κ1) is 11.2.